The quantitative estimate of drug-likeness (QED) is 0.620. The highest BCUT2D eigenvalue weighted by Gasteiger charge is 2.07. The van der Waals surface area contributed by atoms with Crippen LogP contribution in [0.4, 0.5) is 5.69 Å². The summed E-state index contributed by atoms with van der Waals surface area (Å²) in [7, 11) is 0. The summed E-state index contributed by atoms with van der Waals surface area (Å²) in [6.45, 7) is 0. The van der Waals surface area contributed by atoms with Crippen LogP contribution in [0.5, 0.6) is 0 Å². The highest BCUT2D eigenvalue weighted by molar-refractivity contribution is 5.67. The van der Waals surface area contributed by atoms with Gasteiger partial charge < -0.3 is 10.7 Å². The summed E-state index contributed by atoms with van der Waals surface area (Å²) in [5.74, 6) is 0.769. The first-order chi connectivity index (χ1) is 7.34. The van der Waals surface area contributed by atoms with Crippen molar-refractivity contribution in [3.63, 3.8) is 0 Å². The Morgan fingerprint density at radius 2 is 2.00 bits per heavy atom. The molecule has 5 nitrogen and oxygen atoms in total. The molecule has 3 rings (SSSR count). The van der Waals surface area contributed by atoms with E-state index in [0.29, 0.717) is 5.69 Å². The van der Waals surface area contributed by atoms with E-state index in [4.69, 9.17) is 5.73 Å². The Labute approximate surface area is 85.5 Å². The smallest absolute Gasteiger partial charge is 0.179 e. The number of anilines is 1. The standard InChI is InChI=1S/C10H9N5/c11-8-6-12-15-10(8)13-9(14-15)7-4-2-1-3-5-7/h1-6H,11H2,(H,13,14). The first-order valence-corrected chi connectivity index (χ1v) is 4.59. The van der Waals surface area contributed by atoms with Gasteiger partial charge in [-0.2, -0.15) is 5.10 Å². The fourth-order valence-electron chi connectivity index (χ4n) is 1.51. The number of nitrogen functional groups attached to an aromatic ring is 1. The molecule has 0 aliphatic heterocycles. The average molecular weight is 199 g/mol. The van der Waals surface area contributed by atoms with E-state index in [1.54, 1.807) is 6.20 Å². The molecule has 0 amide bonds. The molecule has 0 aliphatic carbocycles. The van der Waals surface area contributed by atoms with Crippen LogP contribution in [0.25, 0.3) is 17.0 Å². The number of aromatic nitrogens is 4. The number of benzene rings is 1. The van der Waals surface area contributed by atoms with E-state index in [9.17, 15) is 0 Å². The van der Waals surface area contributed by atoms with E-state index in [0.717, 1.165) is 17.0 Å². The Morgan fingerprint density at radius 1 is 1.20 bits per heavy atom. The van der Waals surface area contributed by atoms with Crippen LogP contribution >= 0.6 is 0 Å². The number of hydrogen-bond acceptors (Lipinski definition) is 3. The molecular weight excluding hydrogens is 190 g/mol. The predicted molar refractivity (Wildman–Crippen MR) is 57.2 cm³/mol. The van der Waals surface area contributed by atoms with Crippen LogP contribution in [-0.2, 0) is 0 Å². The number of fused-ring (bicyclic) bond motifs is 1. The molecule has 74 valence electrons. The minimum atomic E-state index is 0.602. The third kappa shape index (κ3) is 1.17. The number of H-pyrrole nitrogens is 1. The van der Waals surface area contributed by atoms with Gasteiger partial charge in [-0.05, 0) is 0 Å². The molecule has 0 saturated carbocycles. The van der Waals surface area contributed by atoms with Crippen molar-refractivity contribution in [3.8, 4) is 11.4 Å². The van der Waals surface area contributed by atoms with Gasteiger partial charge in [0.1, 0.15) is 0 Å². The fraction of sp³-hybridized carbons (Fsp3) is 0. The number of nitrogens with one attached hydrogen (secondary N) is 1. The van der Waals surface area contributed by atoms with Gasteiger partial charge in [0.15, 0.2) is 11.5 Å². The lowest BCUT2D eigenvalue weighted by Crippen LogP contribution is -1.86. The second-order valence-corrected chi connectivity index (χ2v) is 3.28. The normalized spacial score (nSPS) is 10.9. The molecule has 1 aromatic carbocycles. The van der Waals surface area contributed by atoms with E-state index < -0.39 is 0 Å². The zero-order chi connectivity index (χ0) is 10.3. The van der Waals surface area contributed by atoms with Gasteiger partial charge in [-0.3, -0.25) is 0 Å². The van der Waals surface area contributed by atoms with Gasteiger partial charge in [0.05, 0.1) is 11.9 Å². The van der Waals surface area contributed by atoms with Crippen molar-refractivity contribution in [3.05, 3.63) is 36.5 Å². The molecule has 2 heterocycles. The maximum atomic E-state index is 5.71. The number of rotatable bonds is 1. The van der Waals surface area contributed by atoms with Gasteiger partial charge in [-0.15, -0.1) is 9.73 Å². The monoisotopic (exact) mass is 199 g/mol. The van der Waals surface area contributed by atoms with Crippen molar-refractivity contribution in [1.29, 1.82) is 0 Å². The lowest BCUT2D eigenvalue weighted by Gasteiger charge is -1.92. The summed E-state index contributed by atoms with van der Waals surface area (Å²) in [5, 5.41) is 8.29. The average Bonchev–Trinajstić information content (AvgIpc) is 2.83. The van der Waals surface area contributed by atoms with Crippen molar-refractivity contribution in [2.75, 3.05) is 5.73 Å². The van der Waals surface area contributed by atoms with Crippen LogP contribution in [0.1, 0.15) is 0 Å². The minimum Gasteiger partial charge on any atom is -0.394 e. The van der Waals surface area contributed by atoms with E-state index in [1.807, 2.05) is 30.3 Å². The summed E-state index contributed by atoms with van der Waals surface area (Å²) in [4.78, 5) is 3.12. The van der Waals surface area contributed by atoms with Gasteiger partial charge in [0.25, 0.3) is 0 Å². The topological polar surface area (TPSA) is 72.0 Å². The van der Waals surface area contributed by atoms with Crippen molar-refractivity contribution in [2.24, 2.45) is 0 Å². The van der Waals surface area contributed by atoms with Crippen molar-refractivity contribution < 1.29 is 0 Å². The third-order valence-electron chi connectivity index (χ3n) is 2.26. The number of nitrogens with zero attached hydrogens (tertiary/aromatic N) is 3. The van der Waals surface area contributed by atoms with Crippen LogP contribution in [0.15, 0.2) is 36.5 Å². The summed E-state index contributed by atoms with van der Waals surface area (Å²) in [6.07, 6.45) is 1.58. The predicted octanol–water partition coefficient (Wildman–Crippen LogP) is 1.31. The Morgan fingerprint density at radius 3 is 2.73 bits per heavy atom. The Hall–Kier alpha value is -2.30. The maximum Gasteiger partial charge on any atom is 0.179 e. The lowest BCUT2D eigenvalue weighted by molar-refractivity contribution is 0.825. The van der Waals surface area contributed by atoms with Gasteiger partial charge in [0.2, 0.25) is 0 Å². The molecule has 3 aromatic rings. The molecule has 2 aromatic heterocycles. The molecule has 0 fully saturated rings. The molecule has 0 atom stereocenters. The second-order valence-electron chi connectivity index (χ2n) is 3.28. The first kappa shape index (κ1) is 8.05. The molecule has 0 unspecified atom stereocenters. The molecule has 0 aliphatic rings. The summed E-state index contributed by atoms with van der Waals surface area (Å²) < 4.78 is 1.50. The van der Waals surface area contributed by atoms with Crippen LogP contribution in [-0.4, -0.2) is 19.8 Å². The molecule has 15 heavy (non-hydrogen) atoms. The number of nitrogens with two attached hydrogens (primary N) is 1. The first-order valence-electron chi connectivity index (χ1n) is 4.59. The molecule has 0 radical (unpaired) electrons. The van der Waals surface area contributed by atoms with Crippen LogP contribution in [0.2, 0.25) is 0 Å². The molecule has 5 heteroatoms. The van der Waals surface area contributed by atoms with Crippen molar-refractivity contribution in [1.82, 2.24) is 19.8 Å². The zero-order valence-corrected chi connectivity index (χ0v) is 7.88. The third-order valence-corrected chi connectivity index (χ3v) is 2.26. The summed E-state index contributed by atoms with van der Waals surface area (Å²) in [5.41, 5.74) is 8.06. The summed E-state index contributed by atoms with van der Waals surface area (Å²) >= 11 is 0. The van der Waals surface area contributed by atoms with Gasteiger partial charge >= 0.3 is 0 Å². The Bertz CT molecular complexity index is 593. The minimum absolute atomic E-state index is 0.602. The molecule has 3 N–H and O–H groups in total. The van der Waals surface area contributed by atoms with E-state index in [1.165, 1.54) is 4.63 Å². The maximum absolute atomic E-state index is 5.71. The largest absolute Gasteiger partial charge is 0.394 e. The number of aromatic amines is 1. The van der Waals surface area contributed by atoms with Crippen molar-refractivity contribution >= 4 is 11.3 Å². The highest BCUT2D eigenvalue weighted by Crippen LogP contribution is 2.17. The number of hydrogen-bond donors (Lipinski definition) is 2. The fourth-order valence-corrected chi connectivity index (χ4v) is 1.51. The molecule has 0 spiro atoms. The van der Waals surface area contributed by atoms with E-state index in [2.05, 4.69) is 15.2 Å². The molecular formula is C10H9N5. The van der Waals surface area contributed by atoms with Gasteiger partial charge in [-0.1, -0.05) is 30.3 Å². The van der Waals surface area contributed by atoms with Gasteiger partial charge in [-0.25, -0.2) is 0 Å². The van der Waals surface area contributed by atoms with E-state index in [-0.39, 0.29) is 0 Å². The Kier molecular flexibility index (Phi) is 1.53. The second kappa shape index (κ2) is 2.84. The highest BCUT2D eigenvalue weighted by atomic mass is 15.5. The van der Waals surface area contributed by atoms with Gasteiger partial charge in [0, 0.05) is 5.56 Å². The van der Waals surface area contributed by atoms with Crippen LogP contribution in [0.3, 0.4) is 0 Å². The summed E-state index contributed by atoms with van der Waals surface area (Å²) in [6, 6.07) is 9.85. The zero-order valence-electron chi connectivity index (χ0n) is 7.88. The van der Waals surface area contributed by atoms with Crippen LogP contribution < -0.4 is 5.73 Å². The van der Waals surface area contributed by atoms with Crippen LogP contribution in [0, 0.1) is 0 Å². The lowest BCUT2D eigenvalue weighted by atomic mass is 10.2. The van der Waals surface area contributed by atoms with E-state index >= 15 is 0 Å². The molecule has 0 bridgehead atoms. The van der Waals surface area contributed by atoms with Crippen molar-refractivity contribution in [2.45, 2.75) is 0 Å². The SMILES string of the molecule is Nc1cnn2nc(-c3ccccc3)[nH]c12. The molecule has 0 saturated heterocycles. The Balaban J connectivity index is 2.20.